The Kier molecular flexibility index (Phi) is 9.31. The predicted octanol–water partition coefficient (Wildman–Crippen LogP) is 7.30. The van der Waals surface area contributed by atoms with Crippen LogP contribution in [0.15, 0.2) is 30.3 Å². The number of aryl methyl sites for hydroxylation is 1. The van der Waals surface area contributed by atoms with Crippen LogP contribution >= 0.6 is 15.9 Å². The van der Waals surface area contributed by atoms with E-state index in [4.69, 9.17) is 9.47 Å². The minimum Gasteiger partial charge on any atom is -0.493 e. The molecular formula is C23H33BrO2. The van der Waals surface area contributed by atoms with Gasteiger partial charge in [-0.3, -0.25) is 0 Å². The van der Waals surface area contributed by atoms with Crippen LogP contribution in [0.4, 0.5) is 0 Å². The van der Waals surface area contributed by atoms with Crippen molar-refractivity contribution in [1.29, 1.82) is 0 Å². The molecule has 0 aromatic heterocycles. The van der Waals surface area contributed by atoms with Gasteiger partial charge in [0, 0.05) is 5.33 Å². The molecule has 0 aliphatic rings. The zero-order valence-electron chi connectivity index (χ0n) is 16.5. The second-order valence-electron chi connectivity index (χ2n) is 7.44. The van der Waals surface area contributed by atoms with Crippen LogP contribution in [0.5, 0.6) is 11.5 Å². The molecule has 0 radical (unpaired) electrons. The van der Waals surface area contributed by atoms with Crippen LogP contribution in [0, 0.1) is 12.8 Å². The highest BCUT2D eigenvalue weighted by Crippen LogP contribution is 2.30. The Balaban J connectivity index is 1.85. The van der Waals surface area contributed by atoms with Crippen LogP contribution in [-0.2, 0) is 0 Å². The average Bonchev–Trinajstić information content (AvgIpc) is 2.63. The van der Waals surface area contributed by atoms with Crippen LogP contribution in [0.3, 0.4) is 0 Å². The molecular weight excluding hydrogens is 388 g/mol. The molecule has 0 unspecified atom stereocenters. The molecule has 0 saturated carbocycles. The number of alkyl halides is 1. The maximum Gasteiger partial charge on any atom is 0.122 e. The quantitative estimate of drug-likeness (QED) is 0.264. The molecule has 0 aliphatic heterocycles. The molecule has 2 aromatic rings. The summed E-state index contributed by atoms with van der Waals surface area (Å²) in [6.45, 7) is 8.03. The van der Waals surface area contributed by atoms with Crippen molar-refractivity contribution in [3.8, 4) is 11.5 Å². The van der Waals surface area contributed by atoms with E-state index in [9.17, 15) is 0 Å². The molecule has 0 aliphatic carbocycles. The summed E-state index contributed by atoms with van der Waals surface area (Å²) in [7, 11) is 0. The van der Waals surface area contributed by atoms with Crippen molar-refractivity contribution in [2.75, 3.05) is 18.5 Å². The number of halogens is 1. The summed E-state index contributed by atoms with van der Waals surface area (Å²) in [6, 6.07) is 10.6. The molecule has 0 atom stereocenters. The maximum atomic E-state index is 6.04. The van der Waals surface area contributed by atoms with Gasteiger partial charge in [0.2, 0.25) is 0 Å². The highest BCUT2D eigenvalue weighted by Gasteiger charge is 2.06. The fourth-order valence-corrected chi connectivity index (χ4v) is 3.43. The van der Waals surface area contributed by atoms with Gasteiger partial charge in [-0.1, -0.05) is 67.6 Å². The Labute approximate surface area is 167 Å². The van der Waals surface area contributed by atoms with E-state index in [1.807, 2.05) is 0 Å². The van der Waals surface area contributed by atoms with Gasteiger partial charge in [-0.15, -0.1) is 0 Å². The Morgan fingerprint density at radius 2 is 1.62 bits per heavy atom. The van der Waals surface area contributed by atoms with Gasteiger partial charge >= 0.3 is 0 Å². The molecule has 3 heteroatoms. The van der Waals surface area contributed by atoms with E-state index in [1.165, 1.54) is 48.4 Å². The topological polar surface area (TPSA) is 18.5 Å². The van der Waals surface area contributed by atoms with E-state index in [2.05, 4.69) is 67.0 Å². The van der Waals surface area contributed by atoms with Crippen molar-refractivity contribution in [3.63, 3.8) is 0 Å². The number of fused-ring (bicyclic) bond motifs is 1. The standard InChI is InChI=1S/C23H33BrO2/c1-18(2)17-26-21-11-12-22-19(3)23(13-10-20(22)16-21)25-15-9-7-5-4-6-8-14-24/h10-13,16,18H,4-9,14-15,17H2,1-3H3. The van der Waals surface area contributed by atoms with Gasteiger partial charge in [0.1, 0.15) is 11.5 Å². The lowest BCUT2D eigenvalue weighted by Crippen LogP contribution is -2.04. The van der Waals surface area contributed by atoms with Gasteiger partial charge in [0.05, 0.1) is 13.2 Å². The van der Waals surface area contributed by atoms with Crippen LogP contribution in [-0.4, -0.2) is 18.5 Å². The SMILES string of the molecule is Cc1c(OCCCCCCCCBr)ccc2cc(OCC(C)C)ccc12. The van der Waals surface area contributed by atoms with Gasteiger partial charge in [-0.05, 0) is 60.2 Å². The van der Waals surface area contributed by atoms with E-state index in [0.29, 0.717) is 5.92 Å². The van der Waals surface area contributed by atoms with Crippen LogP contribution in [0.25, 0.3) is 10.8 Å². The lowest BCUT2D eigenvalue weighted by molar-refractivity contribution is 0.271. The van der Waals surface area contributed by atoms with E-state index >= 15 is 0 Å². The normalized spacial score (nSPS) is 11.3. The van der Waals surface area contributed by atoms with Crippen LogP contribution in [0.2, 0.25) is 0 Å². The van der Waals surface area contributed by atoms with Crippen molar-refractivity contribution in [2.24, 2.45) is 5.92 Å². The Morgan fingerprint density at radius 1 is 0.885 bits per heavy atom. The van der Waals surface area contributed by atoms with Crippen molar-refractivity contribution in [2.45, 2.75) is 59.3 Å². The van der Waals surface area contributed by atoms with E-state index < -0.39 is 0 Å². The molecule has 0 saturated heterocycles. The van der Waals surface area contributed by atoms with Crippen molar-refractivity contribution >= 4 is 26.7 Å². The number of hydrogen-bond acceptors (Lipinski definition) is 2. The Hall–Kier alpha value is -1.22. The summed E-state index contributed by atoms with van der Waals surface area (Å²) in [5, 5.41) is 3.58. The summed E-state index contributed by atoms with van der Waals surface area (Å²) >= 11 is 3.48. The predicted molar refractivity (Wildman–Crippen MR) is 116 cm³/mol. The maximum absolute atomic E-state index is 6.04. The van der Waals surface area contributed by atoms with Gasteiger partial charge in [-0.25, -0.2) is 0 Å². The van der Waals surface area contributed by atoms with Crippen molar-refractivity contribution in [1.82, 2.24) is 0 Å². The summed E-state index contributed by atoms with van der Waals surface area (Å²) in [4.78, 5) is 0. The molecule has 2 aromatic carbocycles. The highest BCUT2D eigenvalue weighted by molar-refractivity contribution is 9.09. The van der Waals surface area contributed by atoms with Gasteiger partial charge in [-0.2, -0.15) is 0 Å². The van der Waals surface area contributed by atoms with Crippen molar-refractivity contribution < 1.29 is 9.47 Å². The minimum atomic E-state index is 0.535. The van der Waals surface area contributed by atoms with Crippen LogP contribution in [0.1, 0.15) is 57.9 Å². The third-order valence-electron chi connectivity index (χ3n) is 4.58. The molecule has 144 valence electrons. The second-order valence-corrected chi connectivity index (χ2v) is 8.23. The summed E-state index contributed by atoms with van der Waals surface area (Å²) < 4.78 is 11.9. The monoisotopic (exact) mass is 420 g/mol. The number of rotatable bonds is 12. The van der Waals surface area contributed by atoms with Gasteiger partial charge in [0.15, 0.2) is 0 Å². The molecule has 0 heterocycles. The van der Waals surface area contributed by atoms with E-state index in [1.54, 1.807) is 0 Å². The van der Waals surface area contributed by atoms with E-state index in [-0.39, 0.29) is 0 Å². The molecule has 0 fully saturated rings. The van der Waals surface area contributed by atoms with Gasteiger partial charge < -0.3 is 9.47 Å². The molecule has 0 spiro atoms. The third-order valence-corrected chi connectivity index (χ3v) is 5.14. The fraction of sp³-hybridized carbons (Fsp3) is 0.565. The van der Waals surface area contributed by atoms with Crippen molar-refractivity contribution in [3.05, 3.63) is 35.9 Å². The second kappa shape index (κ2) is 11.5. The lowest BCUT2D eigenvalue weighted by atomic mass is 10.0. The molecule has 0 bridgehead atoms. The molecule has 0 amide bonds. The number of ether oxygens (including phenoxy) is 2. The van der Waals surface area contributed by atoms with Gasteiger partial charge in [0.25, 0.3) is 0 Å². The number of benzene rings is 2. The first kappa shape index (κ1) is 21.1. The molecule has 26 heavy (non-hydrogen) atoms. The molecule has 0 N–H and O–H groups in total. The minimum absolute atomic E-state index is 0.535. The first-order valence-electron chi connectivity index (χ1n) is 9.96. The fourth-order valence-electron chi connectivity index (χ4n) is 3.04. The first-order valence-corrected chi connectivity index (χ1v) is 11.1. The zero-order valence-corrected chi connectivity index (χ0v) is 18.1. The largest absolute Gasteiger partial charge is 0.493 e. The number of unbranched alkanes of at least 4 members (excludes halogenated alkanes) is 5. The molecule has 2 rings (SSSR count). The third kappa shape index (κ3) is 6.83. The smallest absolute Gasteiger partial charge is 0.122 e. The Bertz CT molecular complexity index is 667. The van der Waals surface area contributed by atoms with Crippen LogP contribution < -0.4 is 9.47 Å². The number of hydrogen-bond donors (Lipinski definition) is 0. The molecule has 2 nitrogen and oxygen atoms in total. The van der Waals surface area contributed by atoms with E-state index in [0.717, 1.165) is 36.5 Å². The highest BCUT2D eigenvalue weighted by atomic mass is 79.9. The summed E-state index contributed by atoms with van der Waals surface area (Å²) in [5.74, 6) is 2.49. The lowest BCUT2D eigenvalue weighted by Gasteiger charge is -2.13. The zero-order chi connectivity index (χ0) is 18.8. The summed E-state index contributed by atoms with van der Waals surface area (Å²) in [5.41, 5.74) is 1.22. The Morgan fingerprint density at radius 3 is 2.35 bits per heavy atom. The average molecular weight is 421 g/mol. The first-order chi connectivity index (χ1) is 12.6. The summed E-state index contributed by atoms with van der Waals surface area (Å²) in [6.07, 6.45) is 7.66.